The van der Waals surface area contributed by atoms with Gasteiger partial charge >= 0.3 is 0 Å². The van der Waals surface area contributed by atoms with Gasteiger partial charge in [-0.1, -0.05) is 24.3 Å². The van der Waals surface area contributed by atoms with Crippen molar-refractivity contribution in [2.75, 3.05) is 26.9 Å². The summed E-state index contributed by atoms with van der Waals surface area (Å²) in [6.45, 7) is 5.68. The lowest BCUT2D eigenvalue weighted by molar-refractivity contribution is 0.196. The predicted molar refractivity (Wildman–Crippen MR) is 107 cm³/mol. The lowest BCUT2D eigenvalue weighted by Crippen LogP contribution is -2.31. The summed E-state index contributed by atoms with van der Waals surface area (Å²) in [5.41, 5.74) is 1.27. The zero-order valence-electron chi connectivity index (χ0n) is 15.9. The Morgan fingerprint density at radius 2 is 1.89 bits per heavy atom. The summed E-state index contributed by atoms with van der Waals surface area (Å²) < 4.78 is 12.5. The maximum atomic E-state index is 13.4. The fraction of sp³-hybridized carbons (Fsp3) is 0.333. The molecule has 1 atom stereocenters. The maximum absolute atomic E-state index is 13.4. The molecule has 1 N–H and O–H groups in total. The lowest BCUT2D eigenvalue weighted by atomic mass is 10.2. The number of rotatable bonds is 8. The molecular weight excluding hydrogens is 342 g/mol. The predicted octanol–water partition coefficient (Wildman–Crippen LogP) is 3.08. The first-order valence-corrected chi connectivity index (χ1v) is 9.13. The third-order valence-electron chi connectivity index (χ3n) is 4.35. The van der Waals surface area contributed by atoms with Crippen molar-refractivity contribution in [2.45, 2.75) is 19.9 Å². The molecule has 3 aromatic rings. The molecule has 142 valence electrons. The number of ether oxygens (including phenoxy) is 2. The van der Waals surface area contributed by atoms with Crippen molar-refractivity contribution in [1.29, 1.82) is 0 Å². The molecular formula is C21H25N3O3. The molecule has 0 aliphatic carbocycles. The number of aromatic nitrogens is 2. The number of nitrogens with zero attached hydrogens (tertiary/aromatic N) is 2. The van der Waals surface area contributed by atoms with Gasteiger partial charge in [-0.05, 0) is 38.1 Å². The minimum atomic E-state index is -0.146. The second-order valence-corrected chi connectivity index (χ2v) is 6.20. The first kappa shape index (κ1) is 19.1. The first-order chi connectivity index (χ1) is 13.2. The van der Waals surface area contributed by atoms with Gasteiger partial charge < -0.3 is 14.8 Å². The summed E-state index contributed by atoms with van der Waals surface area (Å²) in [5, 5.41) is 3.95. The van der Waals surface area contributed by atoms with Gasteiger partial charge in [0, 0.05) is 13.7 Å². The summed E-state index contributed by atoms with van der Waals surface area (Å²) in [6, 6.07) is 14.8. The molecule has 0 aliphatic rings. The molecule has 0 aliphatic heterocycles. The summed E-state index contributed by atoms with van der Waals surface area (Å²) in [5.74, 6) is 1.30. The van der Waals surface area contributed by atoms with Gasteiger partial charge in [-0.15, -0.1) is 0 Å². The van der Waals surface area contributed by atoms with Crippen LogP contribution in [-0.2, 0) is 4.74 Å². The summed E-state index contributed by atoms with van der Waals surface area (Å²) in [4.78, 5) is 18.2. The molecule has 0 amide bonds. The standard InChI is InChI=1S/C21H25N3O3/c1-4-27-19-12-8-7-11-18(19)24-20(15(2)22-13-14-26-3)23-17-10-6-5-9-16(17)21(24)25/h5-12,15,22H,4,13-14H2,1-3H3/t15-/m0/s1. The van der Waals surface area contributed by atoms with E-state index < -0.39 is 0 Å². The van der Waals surface area contributed by atoms with E-state index in [9.17, 15) is 4.79 Å². The summed E-state index contributed by atoms with van der Waals surface area (Å²) >= 11 is 0. The monoisotopic (exact) mass is 367 g/mol. The van der Waals surface area contributed by atoms with Crippen LogP contribution in [-0.4, -0.2) is 36.4 Å². The average molecular weight is 367 g/mol. The quantitative estimate of drug-likeness (QED) is 0.620. The Morgan fingerprint density at radius 1 is 1.15 bits per heavy atom. The van der Waals surface area contributed by atoms with Crippen LogP contribution in [0.4, 0.5) is 0 Å². The molecule has 0 unspecified atom stereocenters. The van der Waals surface area contributed by atoms with Crippen LogP contribution in [0.2, 0.25) is 0 Å². The molecule has 1 aromatic heterocycles. The van der Waals surface area contributed by atoms with Crippen LogP contribution in [0, 0.1) is 0 Å². The van der Waals surface area contributed by atoms with Crippen molar-refractivity contribution in [3.63, 3.8) is 0 Å². The average Bonchev–Trinajstić information content (AvgIpc) is 2.69. The zero-order valence-corrected chi connectivity index (χ0v) is 15.9. The third kappa shape index (κ3) is 4.02. The number of nitrogens with one attached hydrogen (secondary N) is 1. The molecule has 1 heterocycles. The number of hydrogen-bond acceptors (Lipinski definition) is 5. The van der Waals surface area contributed by atoms with Gasteiger partial charge in [0.15, 0.2) is 0 Å². The van der Waals surface area contributed by atoms with Gasteiger partial charge in [0.2, 0.25) is 0 Å². The topological polar surface area (TPSA) is 65.4 Å². The van der Waals surface area contributed by atoms with Crippen LogP contribution in [0.1, 0.15) is 25.7 Å². The molecule has 0 spiro atoms. The van der Waals surface area contributed by atoms with E-state index in [2.05, 4.69) is 5.32 Å². The third-order valence-corrected chi connectivity index (χ3v) is 4.35. The number of fused-ring (bicyclic) bond motifs is 1. The lowest BCUT2D eigenvalue weighted by Gasteiger charge is -2.21. The van der Waals surface area contributed by atoms with Crippen molar-refractivity contribution >= 4 is 10.9 Å². The molecule has 6 heteroatoms. The minimum Gasteiger partial charge on any atom is -0.492 e. The highest BCUT2D eigenvalue weighted by atomic mass is 16.5. The van der Waals surface area contributed by atoms with Crippen molar-refractivity contribution in [3.05, 3.63) is 64.7 Å². The van der Waals surface area contributed by atoms with E-state index in [1.165, 1.54) is 0 Å². The van der Waals surface area contributed by atoms with Crippen LogP contribution >= 0.6 is 0 Å². The Balaban J connectivity index is 2.21. The normalized spacial score (nSPS) is 12.3. The van der Waals surface area contributed by atoms with Gasteiger partial charge in [-0.2, -0.15) is 0 Å². The van der Waals surface area contributed by atoms with Crippen LogP contribution in [0.3, 0.4) is 0 Å². The van der Waals surface area contributed by atoms with Crippen LogP contribution < -0.4 is 15.6 Å². The van der Waals surface area contributed by atoms with E-state index in [1.54, 1.807) is 17.7 Å². The minimum absolute atomic E-state index is 0.108. The van der Waals surface area contributed by atoms with Crippen molar-refractivity contribution in [3.8, 4) is 11.4 Å². The van der Waals surface area contributed by atoms with Gasteiger partial charge in [-0.25, -0.2) is 4.98 Å². The number of hydrogen-bond donors (Lipinski definition) is 1. The van der Waals surface area contributed by atoms with Gasteiger partial charge in [0.1, 0.15) is 11.6 Å². The van der Waals surface area contributed by atoms with E-state index in [0.717, 1.165) is 0 Å². The van der Waals surface area contributed by atoms with Crippen LogP contribution in [0.5, 0.6) is 5.75 Å². The second kappa shape index (κ2) is 8.79. The SMILES string of the molecule is CCOc1ccccc1-n1c([C@H](C)NCCOC)nc2ccccc2c1=O. The van der Waals surface area contributed by atoms with Crippen molar-refractivity contribution < 1.29 is 9.47 Å². The number of methoxy groups -OCH3 is 1. The molecule has 0 saturated heterocycles. The first-order valence-electron chi connectivity index (χ1n) is 9.13. The van der Waals surface area contributed by atoms with Gasteiger partial charge in [0.05, 0.1) is 35.8 Å². The Hall–Kier alpha value is -2.70. The number of para-hydroxylation sites is 3. The largest absolute Gasteiger partial charge is 0.492 e. The highest BCUT2D eigenvalue weighted by Gasteiger charge is 2.19. The number of benzene rings is 2. The van der Waals surface area contributed by atoms with Gasteiger partial charge in [0.25, 0.3) is 5.56 Å². The highest BCUT2D eigenvalue weighted by molar-refractivity contribution is 5.78. The van der Waals surface area contributed by atoms with Gasteiger partial charge in [-0.3, -0.25) is 9.36 Å². The maximum Gasteiger partial charge on any atom is 0.266 e. The Labute approximate surface area is 158 Å². The molecule has 3 rings (SSSR count). The fourth-order valence-electron chi connectivity index (χ4n) is 3.06. The second-order valence-electron chi connectivity index (χ2n) is 6.20. The summed E-state index contributed by atoms with van der Waals surface area (Å²) in [7, 11) is 1.66. The van der Waals surface area contributed by atoms with E-state index in [1.807, 2.05) is 56.3 Å². The van der Waals surface area contributed by atoms with E-state index in [0.29, 0.717) is 47.9 Å². The highest BCUT2D eigenvalue weighted by Crippen LogP contribution is 2.25. The molecule has 6 nitrogen and oxygen atoms in total. The molecule has 0 bridgehead atoms. The van der Waals surface area contributed by atoms with E-state index in [-0.39, 0.29) is 11.6 Å². The van der Waals surface area contributed by atoms with E-state index in [4.69, 9.17) is 14.5 Å². The zero-order chi connectivity index (χ0) is 19.2. The Morgan fingerprint density at radius 3 is 2.67 bits per heavy atom. The smallest absolute Gasteiger partial charge is 0.266 e. The van der Waals surface area contributed by atoms with Crippen LogP contribution in [0.25, 0.3) is 16.6 Å². The molecule has 0 fully saturated rings. The molecule has 27 heavy (non-hydrogen) atoms. The fourth-order valence-corrected chi connectivity index (χ4v) is 3.06. The van der Waals surface area contributed by atoms with E-state index >= 15 is 0 Å². The van der Waals surface area contributed by atoms with Crippen LogP contribution in [0.15, 0.2) is 53.3 Å². The van der Waals surface area contributed by atoms with Crippen molar-refractivity contribution in [1.82, 2.24) is 14.9 Å². The Bertz CT molecular complexity index is 968. The molecule has 2 aromatic carbocycles. The molecule has 0 radical (unpaired) electrons. The van der Waals surface area contributed by atoms with Crippen molar-refractivity contribution in [2.24, 2.45) is 0 Å². The Kier molecular flexibility index (Phi) is 6.21. The summed E-state index contributed by atoms with van der Waals surface area (Å²) in [6.07, 6.45) is 0. The molecule has 0 saturated carbocycles.